The average molecular weight is 280 g/mol. The lowest BCUT2D eigenvalue weighted by Gasteiger charge is -2.06. The number of pyridine rings is 1. The molecule has 0 radical (unpaired) electrons. The van der Waals surface area contributed by atoms with E-state index in [0.29, 0.717) is 24.1 Å². The first-order chi connectivity index (χ1) is 10.3. The summed E-state index contributed by atoms with van der Waals surface area (Å²) in [5.74, 6) is 5.55. The SMILES string of the molecule is O=C(NCc1ccccn1)c1ccccc1C#CCCO. The number of aromatic nitrogens is 1. The Bertz CT molecular complexity index is 657. The highest BCUT2D eigenvalue weighted by molar-refractivity contribution is 5.96. The molecule has 4 nitrogen and oxygen atoms in total. The molecule has 4 heteroatoms. The van der Waals surface area contributed by atoms with Gasteiger partial charge in [0.2, 0.25) is 0 Å². The molecule has 0 aliphatic heterocycles. The van der Waals surface area contributed by atoms with Crippen LogP contribution in [-0.2, 0) is 6.54 Å². The van der Waals surface area contributed by atoms with Crippen molar-refractivity contribution in [3.8, 4) is 11.8 Å². The van der Waals surface area contributed by atoms with Crippen molar-refractivity contribution in [1.82, 2.24) is 10.3 Å². The van der Waals surface area contributed by atoms with Crippen molar-refractivity contribution in [3.05, 3.63) is 65.5 Å². The van der Waals surface area contributed by atoms with E-state index < -0.39 is 0 Å². The van der Waals surface area contributed by atoms with Crippen molar-refractivity contribution < 1.29 is 9.90 Å². The zero-order valence-electron chi connectivity index (χ0n) is 11.5. The molecule has 2 rings (SSSR count). The molecule has 0 unspecified atom stereocenters. The third kappa shape index (κ3) is 4.44. The number of carbonyl (C=O) groups is 1. The molecule has 0 spiro atoms. The molecule has 0 aliphatic rings. The summed E-state index contributed by atoms with van der Waals surface area (Å²) in [6, 6.07) is 12.7. The van der Waals surface area contributed by atoms with Crippen LogP contribution in [0.15, 0.2) is 48.7 Å². The van der Waals surface area contributed by atoms with E-state index in [-0.39, 0.29) is 12.5 Å². The van der Waals surface area contributed by atoms with Crippen molar-refractivity contribution in [3.63, 3.8) is 0 Å². The smallest absolute Gasteiger partial charge is 0.252 e. The van der Waals surface area contributed by atoms with Crippen LogP contribution in [0.25, 0.3) is 0 Å². The minimum absolute atomic E-state index is 0.0149. The second-order valence-corrected chi connectivity index (χ2v) is 4.32. The van der Waals surface area contributed by atoms with Crippen LogP contribution < -0.4 is 5.32 Å². The first kappa shape index (κ1) is 14.8. The van der Waals surface area contributed by atoms with Crippen molar-refractivity contribution in [2.45, 2.75) is 13.0 Å². The van der Waals surface area contributed by atoms with Crippen molar-refractivity contribution in [2.24, 2.45) is 0 Å². The molecule has 21 heavy (non-hydrogen) atoms. The van der Waals surface area contributed by atoms with Gasteiger partial charge in [-0.15, -0.1) is 0 Å². The van der Waals surface area contributed by atoms with Crippen LogP contribution in [0.4, 0.5) is 0 Å². The van der Waals surface area contributed by atoms with E-state index in [4.69, 9.17) is 5.11 Å². The maximum Gasteiger partial charge on any atom is 0.252 e. The van der Waals surface area contributed by atoms with Gasteiger partial charge in [0.05, 0.1) is 24.4 Å². The normalized spacial score (nSPS) is 9.57. The summed E-state index contributed by atoms with van der Waals surface area (Å²) in [6.07, 6.45) is 2.08. The fraction of sp³-hybridized carbons (Fsp3) is 0.176. The molecule has 1 aromatic heterocycles. The van der Waals surface area contributed by atoms with Crippen LogP contribution in [0.3, 0.4) is 0 Å². The number of hydrogen-bond donors (Lipinski definition) is 2. The Morgan fingerprint density at radius 1 is 1.19 bits per heavy atom. The minimum Gasteiger partial charge on any atom is -0.395 e. The zero-order chi connectivity index (χ0) is 14.9. The van der Waals surface area contributed by atoms with E-state index in [1.165, 1.54) is 0 Å². The maximum absolute atomic E-state index is 12.2. The molecule has 0 aliphatic carbocycles. The third-order valence-corrected chi connectivity index (χ3v) is 2.79. The summed E-state index contributed by atoms with van der Waals surface area (Å²) in [7, 11) is 0. The Kier molecular flexibility index (Phi) is 5.50. The highest BCUT2D eigenvalue weighted by Crippen LogP contribution is 2.07. The van der Waals surface area contributed by atoms with Crippen LogP contribution in [0.1, 0.15) is 28.0 Å². The molecule has 1 amide bonds. The van der Waals surface area contributed by atoms with E-state index in [2.05, 4.69) is 22.1 Å². The Hall–Kier alpha value is -2.64. The monoisotopic (exact) mass is 280 g/mol. The number of aliphatic hydroxyl groups excluding tert-OH is 1. The fourth-order valence-corrected chi connectivity index (χ4v) is 1.77. The van der Waals surface area contributed by atoms with Gasteiger partial charge in [-0.1, -0.05) is 30.0 Å². The molecule has 2 N–H and O–H groups in total. The topological polar surface area (TPSA) is 62.2 Å². The number of carbonyl (C=O) groups excluding carboxylic acids is 1. The summed E-state index contributed by atoms with van der Waals surface area (Å²) >= 11 is 0. The van der Waals surface area contributed by atoms with E-state index in [1.54, 1.807) is 24.4 Å². The zero-order valence-corrected chi connectivity index (χ0v) is 11.5. The van der Waals surface area contributed by atoms with Crippen molar-refractivity contribution in [1.29, 1.82) is 0 Å². The predicted molar refractivity (Wildman–Crippen MR) is 80.4 cm³/mol. The number of aliphatic hydroxyl groups is 1. The summed E-state index contributed by atoms with van der Waals surface area (Å²) in [5, 5.41) is 11.6. The van der Waals surface area contributed by atoms with Gasteiger partial charge in [-0.2, -0.15) is 0 Å². The molecule has 0 atom stereocenters. The number of amides is 1. The second kappa shape index (κ2) is 7.83. The number of benzene rings is 1. The van der Waals surface area contributed by atoms with Gasteiger partial charge < -0.3 is 10.4 Å². The van der Waals surface area contributed by atoms with Gasteiger partial charge in [-0.05, 0) is 24.3 Å². The van der Waals surface area contributed by atoms with Gasteiger partial charge in [0, 0.05) is 18.2 Å². The lowest BCUT2D eigenvalue weighted by Crippen LogP contribution is -2.24. The number of nitrogens with zero attached hydrogens (tertiary/aromatic N) is 1. The van der Waals surface area contributed by atoms with Crippen LogP contribution in [0.5, 0.6) is 0 Å². The summed E-state index contributed by atoms with van der Waals surface area (Å²) < 4.78 is 0. The highest BCUT2D eigenvalue weighted by atomic mass is 16.2. The Morgan fingerprint density at radius 2 is 2.00 bits per heavy atom. The molecule has 0 bridgehead atoms. The average Bonchev–Trinajstić information content (AvgIpc) is 2.54. The fourth-order valence-electron chi connectivity index (χ4n) is 1.77. The summed E-state index contributed by atoms with van der Waals surface area (Å²) in [6.45, 7) is 0.388. The van der Waals surface area contributed by atoms with Gasteiger partial charge in [0.15, 0.2) is 0 Å². The Balaban J connectivity index is 2.07. The molecular formula is C17H16N2O2. The predicted octanol–water partition coefficient (Wildman–Crippen LogP) is 1.75. The standard InChI is InChI=1S/C17H16N2O2/c20-12-6-4-8-14-7-1-2-10-16(14)17(21)19-13-15-9-3-5-11-18-15/h1-3,5,7,9-11,20H,6,12-13H2,(H,19,21). The number of nitrogens with one attached hydrogen (secondary N) is 1. The van der Waals surface area contributed by atoms with Crippen LogP contribution in [0, 0.1) is 11.8 Å². The molecule has 2 aromatic rings. The van der Waals surface area contributed by atoms with Crippen molar-refractivity contribution >= 4 is 5.91 Å². The van der Waals surface area contributed by atoms with Crippen molar-refractivity contribution in [2.75, 3.05) is 6.61 Å². The molecule has 0 fully saturated rings. The molecule has 106 valence electrons. The van der Waals surface area contributed by atoms with Gasteiger partial charge in [0.25, 0.3) is 5.91 Å². The first-order valence-electron chi connectivity index (χ1n) is 6.68. The Morgan fingerprint density at radius 3 is 2.76 bits per heavy atom. The van der Waals surface area contributed by atoms with Gasteiger partial charge in [0.1, 0.15) is 0 Å². The highest BCUT2D eigenvalue weighted by Gasteiger charge is 2.09. The molecule has 0 saturated carbocycles. The first-order valence-corrected chi connectivity index (χ1v) is 6.68. The van der Waals surface area contributed by atoms with Gasteiger partial charge in [-0.25, -0.2) is 0 Å². The van der Waals surface area contributed by atoms with Gasteiger partial charge in [-0.3, -0.25) is 9.78 Å². The molecular weight excluding hydrogens is 264 g/mol. The lowest BCUT2D eigenvalue weighted by atomic mass is 10.1. The summed E-state index contributed by atoms with van der Waals surface area (Å²) in [4.78, 5) is 16.4. The van der Waals surface area contributed by atoms with E-state index in [1.807, 2.05) is 24.3 Å². The molecule has 1 aromatic carbocycles. The third-order valence-electron chi connectivity index (χ3n) is 2.79. The quantitative estimate of drug-likeness (QED) is 0.839. The second-order valence-electron chi connectivity index (χ2n) is 4.32. The number of rotatable bonds is 4. The lowest BCUT2D eigenvalue weighted by molar-refractivity contribution is 0.0950. The van der Waals surface area contributed by atoms with Gasteiger partial charge >= 0.3 is 0 Å². The molecule has 1 heterocycles. The van der Waals surface area contributed by atoms with E-state index >= 15 is 0 Å². The summed E-state index contributed by atoms with van der Waals surface area (Å²) in [5.41, 5.74) is 1.98. The Labute approximate surface area is 123 Å². The van der Waals surface area contributed by atoms with Crippen LogP contribution in [-0.4, -0.2) is 22.6 Å². The largest absolute Gasteiger partial charge is 0.395 e. The minimum atomic E-state index is -0.186. The van der Waals surface area contributed by atoms with E-state index in [0.717, 1.165) is 5.69 Å². The van der Waals surface area contributed by atoms with Crippen LogP contribution in [0.2, 0.25) is 0 Å². The number of hydrogen-bond acceptors (Lipinski definition) is 3. The molecule has 0 saturated heterocycles. The van der Waals surface area contributed by atoms with Crippen LogP contribution >= 0.6 is 0 Å². The van der Waals surface area contributed by atoms with E-state index in [9.17, 15) is 4.79 Å². The maximum atomic E-state index is 12.2.